The zero-order valence-electron chi connectivity index (χ0n) is 11.5. The number of ether oxygens (including phenoxy) is 2. The second-order valence-corrected chi connectivity index (χ2v) is 6.17. The molecule has 0 radical (unpaired) electrons. The Kier molecular flexibility index (Phi) is 5.30. The molecule has 1 heterocycles. The molecule has 0 amide bonds. The number of hydrogen-bond acceptors (Lipinski definition) is 2. The van der Waals surface area contributed by atoms with Gasteiger partial charge in [0.1, 0.15) is 0 Å². The molecule has 2 nitrogen and oxygen atoms in total. The van der Waals surface area contributed by atoms with E-state index in [2.05, 4.69) is 13.8 Å². The Labute approximate surface area is 106 Å². The van der Waals surface area contributed by atoms with Gasteiger partial charge < -0.3 is 9.47 Å². The first-order valence-corrected chi connectivity index (χ1v) is 7.49. The maximum Gasteiger partial charge on any atom is 0.160 e. The minimum absolute atomic E-state index is 0.0646. The van der Waals surface area contributed by atoms with Crippen molar-refractivity contribution in [2.24, 2.45) is 17.8 Å². The number of hydrogen-bond donors (Lipinski definition) is 0. The van der Waals surface area contributed by atoms with Crippen molar-refractivity contribution in [1.82, 2.24) is 0 Å². The lowest BCUT2D eigenvalue weighted by Crippen LogP contribution is -2.27. The molecule has 1 saturated carbocycles. The third-order valence-corrected chi connectivity index (χ3v) is 4.32. The Morgan fingerprint density at radius 2 is 1.76 bits per heavy atom. The van der Waals surface area contributed by atoms with Crippen molar-refractivity contribution in [2.75, 3.05) is 13.2 Å². The topological polar surface area (TPSA) is 18.5 Å². The summed E-state index contributed by atoms with van der Waals surface area (Å²) in [6.45, 7) is 6.47. The van der Waals surface area contributed by atoms with Gasteiger partial charge in [0.15, 0.2) is 6.29 Å². The van der Waals surface area contributed by atoms with Crippen LogP contribution in [0, 0.1) is 17.8 Å². The van der Waals surface area contributed by atoms with Crippen LogP contribution in [0.1, 0.15) is 58.8 Å². The largest absolute Gasteiger partial charge is 0.352 e. The Bertz CT molecular complexity index is 209. The molecule has 3 unspecified atom stereocenters. The summed E-state index contributed by atoms with van der Waals surface area (Å²) in [4.78, 5) is 0. The first kappa shape index (κ1) is 13.4. The second-order valence-electron chi connectivity index (χ2n) is 6.17. The molecular weight excluding hydrogens is 212 g/mol. The summed E-state index contributed by atoms with van der Waals surface area (Å²) >= 11 is 0. The molecule has 2 rings (SSSR count). The van der Waals surface area contributed by atoms with E-state index in [1.807, 2.05) is 0 Å². The Hall–Kier alpha value is -0.0800. The van der Waals surface area contributed by atoms with Crippen molar-refractivity contribution in [3.8, 4) is 0 Å². The fourth-order valence-corrected chi connectivity index (χ4v) is 3.39. The van der Waals surface area contributed by atoms with Gasteiger partial charge in [-0.1, -0.05) is 33.1 Å². The van der Waals surface area contributed by atoms with Gasteiger partial charge in [-0.05, 0) is 37.5 Å². The highest BCUT2D eigenvalue weighted by Gasteiger charge is 2.26. The number of rotatable bonds is 3. The summed E-state index contributed by atoms with van der Waals surface area (Å²) in [6.07, 6.45) is 9.35. The molecule has 0 N–H and O–H groups in total. The van der Waals surface area contributed by atoms with E-state index >= 15 is 0 Å². The maximum absolute atomic E-state index is 5.81. The molecule has 2 fully saturated rings. The molecule has 17 heavy (non-hydrogen) atoms. The molecule has 1 aliphatic carbocycles. The summed E-state index contributed by atoms with van der Waals surface area (Å²) < 4.78 is 11.6. The summed E-state index contributed by atoms with van der Waals surface area (Å²) in [6, 6.07) is 0. The summed E-state index contributed by atoms with van der Waals surface area (Å²) in [5.74, 6) is 2.39. The van der Waals surface area contributed by atoms with Crippen LogP contribution in [-0.2, 0) is 9.47 Å². The SMILES string of the molecule is CC1CCCC(CC(C)C2OCCCCO2)C1. The average Bonchev–Trinajstić information content (AvgIpc) is 2.57. The summed E-state index contributed by atoms with van der Waals surface area (Å²) in [7, 11) is 0. The molecule has 1 aliphatic heterocycles. The molecule has 0 bridgehead atoms. The van der Waals surface area contributed by atoms with Crippen LogP contribution >= 0.6 is 0 Å². The normalized spacial score (nSPS) is 34.2. The molecule has 2 heteroatoms. The van der Waals surface area contributed by atoms with Gasteiger partial charge in [-0.2, -0.15) is 0 Å². The van der Waals surface area contributed by atoms with Crippen LogP contribution in [0.3, 0.4) is 0 Å². The molecule has 0 aromatic heterocycles. The van der Waals surface area contributed by atoms with Gasteiger partial charge in [-0.15, -0.1) is 0 Å². The molecule has 0 aromatic carbocycles. The standard InChI is InChI=1S/C15H28O2/c1-12-6-5-7-14(10-12)11-13(2)15-16-8-3-4-9-17-15/h12-15H,3-11H2,1-2H3. The van der Waals surface area contributed by atoms with Gasteiger partial charge in [0.25, 0.3) is 0 Å². The lowest BCUT2D eigenvalue weighted by molar-refractivity contribution is -0.158. The van der Waals surface area contributed by atoms with Gasteiger partial charge >= 0.3 is 0 Å². The van der Waals surface area contributed by atoms with Gasteiger partial charge in [-0.3, -0.25) is 0 Å². The third-order valence-electron chi connectivity index (χ3n) is 4.32. The molecule has 2 aliphatic rings. The highest BCUT2D eigenvalue weighted by Crippen LogP contribution is 2.34. The molecule has 1 saturated heterocycles. The lowest BCUT2D eigenvalue weighted by atomic mass is 9.78. The Balaban J connectivity index is 1.76. The zero-order valence-corrected chi connectivity index (χ0v) is 11.5. The van der Waals surface area contributed by atoms with Gasteiger partial charge in [0.2, 0.25) is 0 Å². The molecular formula is C15H28O2. The van der Waals surface area contributed by atoms with Crippen LogP contribution in [0.2, 0.25) is 0 Å². The van der Waals surface area contributed by atoms with Crippen LogP contribution in [0.4, 0.5) is 0 Å². The van der Waals surface area contributed by atoms with E-state index in [4.69, 9.17) is 9.47 Å². The van der Waals surface area contributed by atoms with Crippen molar-refractivity contribution < 1.29 is 9.47 Å². The summed E-state index contributed by atoms with van der Waals surface area (Å²) in [5, 5.41) is 0. The maximum atomic E-state index is 5.81. The molecule has 3 atom stereocenters. The van der Waals surface area contributed by atoms with Crippen molar-refractivity contribution >= 4 is 0 Å². The second kappa shape index (κ2) is 6.75. The van der Waals surface area contributed by atoms with Gasteiger partial charge in [0, 0.05) is 19.1 Å². The highest BCUT2D eigenvalue weighted by molar-refractivity contribution is 4.74. The van der Waals surface area contributed by atoms with E-state index in [9.17, 15) is 0 Å². The van der Waals surface area contributed by atoms with Crippen LogP contribution in [0.25, 0.3) is 0 Å². The zero-order chi connectivity index (χ0) is 12.1. The summed E-state index contributed by atoms with van der Waals surface area (Å²) in [5.41, 5.74) is 0. The molecule has 100 valence electrons. The first-order valence-electron chi connectivity index (χ1n) is 7.49. The van der Waals surface area contributed by atoms with Crippen molar-refractivity contribution in [3.05, 3.63) is 0 Å². The average molecular weight is 240 g/mol. The van der Waals surface area contributed by atoms with E-state index in [0.717, 1.165) is 37.9 Å². The Morgan fingerprint density at radius 1 is 1.06 bits per heavy atom. The monoisotopic (exact) mass is 240 g/mol. The van der Waals surface area contributed by atoms with Gasteiger partial charge in [0.05, 0.1) is 0 Å². The van der Waals surface area contributed by atoms with Crippen LogP contribution in [0.15, 0.2) is 0 Å². The minimum Gasteiger partial charge on any atom is -0.352 e. The fraction of sp³-hybridized carbons (Fsp3) is 1.00. The van der Waals surface area contributed by atoms with E-state index < -0.39 is 0 Å². The van der Waals surface area contributed by atoms with Crippen molar-refractivity contribution in [3.63, 3.8) is 0 Å². The fourth-order valence-electron chi connectivity index (χ4n) is 3.39. The van der Waals surface area contributed by atoms with Crippen LogP contribution in [-0.4, -0.2) is 19.5 Å². The highest BCUT2D eigenvalue weighted by atomic mass is 16.7. The van der Waals surface area contributed by atoms with E-state index in [1.165, 1.54) is 32.1 Å². The smallest absolute Gasteiger partial charge is 0.160 e. The lowest BCUT2D eigenvalue weighted by Gasteiger charge is -2.31. The van der Waals surface area contributed by atoms with Crippen LogP contribution in [0.5, 0.6) is 0 Å². The third kappa shape index (κ3) is 4.26. The van der Waals surface area contributed by atoms with E-state index in [1.54, 1.807) is 0 Å². The van der Waals surface area contributed by atoms with E-state index in [0.29, 0.717) is 5.92 Å². The predicted octanol–water partition coefficient (Wildman–Crippen LogP) is 3.99. The van der Waals surface area contributed by atoms with E-state index in [-0.39, 0.29) is 6.29 Å². The quantitative estimate of drug-likeness (QED) is 0.742. The first-order chi connectivity index (χ1) is 8.25. The van der Waals surface area contributed by atoms with Crippen LogP contribution < -0.4 is 0 Å². The predicted molar refractivity (Wildman–Crippen MR) is 69.8 cm³/mol. The molecule has 0 spiro atoms. The van der Waals surface area contributed by atoms with Gasteiger partial charge in [-0.25, -0.2) is 0 Å². The Morgan fingerprint density at radius 3 is 2.41 bits per heavy atom. The minimum atomic E-state index is 0.0646. The van der Waals surface area contributed by atoms with Crippen molar-refractivity contribution in [1.29, 1.82) is 0 Å². The molecule has 0 aromatic rings. The van der Waals surface area contributed by atoms with Crippen molar-refractivity contribution in [2.45, 2.75) is 65.1 Å².